The van der Waals surface area contributed by atoms with Gasteiger partial charge in [0.25, 0.3) is 0 Å². The molecule has 3 heteroatoms. The van der Waals surface area contributed by atoms with Crippen LogP contribution in [0.25, 0.3) is 0 Å². The van der Waals surface area contributed by atoms with Crippen molar-refractivity contribution in [3.8, 4) is 0 Å². The van der Waals surface area contributed by atoms with Crippen molar-refractivity contribution in [2.24, 2.45) is 11.8 Å². The van der Waals surface area contributed by atoms with Crippen molar-refractivity contribution >= 4 is 11.7 Å². The van der Waals surface area contributed by atoms with Crippen LogP contribution in [0.15, 0.2) is 24.3 Å². The molecule has 0 spiro atoms. The van der Waals surface area contributed by atoms with Crippen LogP contribution in [0.2, 0.25) is 0 Å². The van der Waals surface area contributed by atoms with Crippen molar-refractivity contribution < 1.29 is 9.53 Å². The van der Waals surface area contributed by atoms with E-state index in [0.717, 1.165) is 17.5 Å². The topological polar surface area (TPSA) is 38.3 Å². The number of ether oxygens (including phenoxy) is 1. The SMILES string of the molecule is COC(=O)c1cccc(NC2CC(C(C)C)C2)c1. The van der Waals surface area contributed by atoms with Crippen LogP contribution in [0.5, 0.6) is 0 Å². The van der Waals surface area contributed by atoms with Crippen molar-refractivity contribution in [2.75, 3.05) is 12.4 Å². The second-order valence-corrected chi connectivity index (χ2v) is 5.39. The molecule has 0 amide bonds. The molecule has 0 radical (unpaired) electrons. The average molecular weight is 247 g/mol. The third kappa shape index (κ3) is 2.84. The van der Waals surface area contributed by atoms with E-state index in [-0.39, 0.29) is 5.97 Å². The molecule has 1 saturated carbocycles. The highest BCUT2D eigenvalue weighted by Crippen LogP contribution is 2.35. The fourth-order valence-electron chi connectivity index (χ4n) is 2.41. The molecule has 0 atom stereocenters. The van der Waals surface area contributed by atoms with Gasteiger partial charge in [-0.05, 0) is 42.9 Å². The van der Waals surface area contributed by atoms with E-state index in [1.807, 2.05) is 18.2 Å². The number of hydrogen-bond acceptors (Lipinski definition) is 3. The summed E-state index contributed by atoms with van der Waals surface area (Å²) >= 11 is 0. The molecule has 0 saturated heterocycles. The van der Waals surface area contributed by atoms with E-state index in [9.17, 15) is 4.79 Å². The number of rotatable bonds is 4. The highest BCUT2D eigenvalue weighted by atomic mass is 16.5. The first-order valence-corrected chi connectivity index (χ1v) is 6.55. The first kappa shape index (κ1) is 12.9. The minimum Gasteiger partial charge on any atom is -0.465 e. The molecule has 18 heavy (non-hydrogen) atoms. The summed E-state index contributed by atoms with van der Waals surface area (Å²) in [6, 6.07) is 8.05. The zero-order valence-electron chi connectivity index (χ0n) is 11.3. The maximum Gasteiger partial charge on any atom is 0.337 e. The van der Waals surface area contributed by atoms with Gasteiger partial charge in [-0.15, -0.1) is 0 Å². The van der Waals surface area contributed by atoms with E-state index in [0.29, 0.717) is 11.6 Å². The normalized spacial score (nSPS) is 22.4. The molecular formula is C15H21NO2. The van der Waals surface area contributed by atoms with Crippen LogP contribution in [0, 0.1) is 11.8 Å². The third-order valence-electron chi connectivity index (χ3n) is 3.77. The molecule has 0 bridgehead atoms. The molecule has 98 valence electrons. The lowest BCUT2D eigenvalue weighted by Crippen LogP contribution is -2.37. The zero-order valence-corrected chi connectivity index (χ0v) is 11.3. The van der Waals surface area contributed by atoms with E-state index < -0.39 is 0 Å². The molecule has 0 aromatic heterocycles. The summed E-state index contributed by atoms with van der Waals surface area (Å²) in [5.41, 5.74) is 1.60. The summed E-state index contributed by atoms with van der Waals surface area (Å²) < 4.78 is 4.72. The second kappa shape index (κ2) is 5.42. The molecule has 1 fully saturated rings. The highest BCUT2D eigenvalue weighted by Gasteiger charge is 2.30. The average Bonchev–Trinajstić information content (AvgIpc) is 2.32. The van der Waals surface area contributed by atoms with Crippen LogP contribution in [0.4, 0.5) is 5.69 Å². The summed E-state index contributed by atoms with van der Waals surface area (Å²) in [7, 11) is 1.40. The predicted octanol–water partition coefficient (Wildman–Crippen LogP) is 3.32. The third-order valence-corrected chi connectivity index (χ3v) is 3.77. The lowest BCUT2D eigenvalue weighted by atomic mass is 9.73. The number of carbonyl (C=O) groups is 1. The molecule has 1 N–H and O–H groups in total. The first-order chi connectivity index (χ1) is 8.60. The molecule has 1 aromatic carbocycles. The Labute approximate surface area is 109 Å². The first-order valence-electron chi connectivity index (χ1n) is 6.55. The molecule has 1 aromatic rings. The minimum absolute atomic E-state index is 0.285. The molecule has 2 rings (SSSR count). The monoisotopic (exact) mass is 247 g/mol. The molecular weight excluding hydrogens is 226 g/mol. The Morgan fingerprint density at radius 2 is 2.11 bits per heavy atom. The van der Waals surface area contributed by atoms with Gasteiger partial charge in [0.1, 0.15) is 0 Å². The quantitative estimate of drug-likeness (QED) is 0.829. The van der Waals surface area contributed by atoms with Crippen molar-refractivity contribution in [3.63, 3.8) is 0 Å². The lowest BCUT2D eigenvalue weighted by molar-refractivity contribution is 0.0601. The Balaban J connectivity index is 1.93. The van der Waals surface area contributed by atoms with E-state index in [2.05, 4.69) is 19.2 Å². The predicted molar refractivity (Wildman–Crippen MR) is 72.8 cm³/mol. The van der Waals surface area contributed by atoms with Crippen LogP contribution in [0.3, 0.4) is 0 Å². The number of esters is 1. The van der Waals surface area contributed by atoms with E-state index >= 15 is 0 Å². The summed E-state index contributed by atoms with van der Waals surface area (Å²) in [4.78, 5) is 11.4. The van der Waals surface area contributed by atoms with Crippen LogP contribution >= 0.6 is 0 Å². The van der Waals surface area contributed by atoms with Crippen molar-refractivity contribution in [3.05, 3.63) is 29.8 Å². The van der Waals surface area contributed by atoms with E-state index in [1.54, 1.807) is 6.07 Å². The Kier molecular flexibility index (Phi) is 3.90. The van der Waals surface area contributed by atoms with Gasteiger partial charge < -0.3 is 10.1 Å². The van der Waals surface area contributed by atoms with Gasteiger partial charge in [0, 0.05) is 11.7 Å². The van der Waals surface area contributed by atoms with Crippen LogP contribution < -0.4 is 5.32 Å². The summed E-state index contributed by atoms with van der Waals surface area (Å²) in [6.45, 7) is 4.55. The van der Waals surface area contributed by atoms with Gasteiger partial charge in [0.2, 0.25) is 0 Å². The van der Waals surface area contributed by atoms with E-state index in [1.165, 1.54) is 20.0 Å². The maximum absolute atomic E-state index is 11.4. The standard InChI is InChI=1S/C15H21NO2/c1-10(2)12-8-14(9-12)16-13-6-4-5-11(7-13)15(17)18-3/h4-7,10,12,14,16H,8-9H2,1-3H3. The Morgan fingerprint density at radius 1 is 1.39 bits per heavy atom. The van der Waals surface area contributed by atoms with Gasteiger partial charge in [-0.1, -0.05) is 19.9 Å². The Hall–Kier alpha value is -1.51. The Morgan fingerprint density at radius 3 is 2.72 bits per heavy atom. The fraction of sp³-hybridized carbons (Fsp3) is 0.533. The maximum atomic E-state index is 11.4. The molecule has 0 unspecified atom stereocenters. The largest absolute Gasteiger partial charge is 0.465 e. The Bertz CT molecular complexity index is 422. The zero-order chi connectivity index (χ0) is 13.1. The van der Waals surface area contributed by atoms with Gasteiger partial charge in [0.15, 0.2) is 0 Å². The van der Waals surface area contributed by atoms with E-state index in [4.69, 9.17) is 4.74 Å². The van der Waals surface area contributed by atoms with Gasteiger partial charge in [-0.2, -0.15) is 0 Å². The highest BCUT2D eigenvalue weighted by molar-refractivity contribution is 5.90. The number of hydrogen-bond donors (Lipinski definition) is 1. The molecule has 0 heterocycles. The van der Waals surface area contributed by atoms with Crippen LogP contribution in [-0.4, -0.2) is 19.1 Å². The lowest BCUT2D eigenvalue weighted by Gasteiger charge is -2.39. The molecule has 1 aliphatic carbocycles. The van der Waals surface area contributed by atoms with Gasteiger partial charge in [-0.3, -0.25) is 0 Å². The fourth-order valence-corrected chi connectivity index (χ4v) is 2.41. The van der Waals surface area contributed by atoms with Crippen molar-refractivity contribution in [2.45, 2.75) is 32.7 Å². The number of methoxy groups -OCH3 is 1. The summed E-state index contributed by atoms with van der Waals surface area (Å²) in [5, 5.41) is 3.47. The van der Waals surface area contributed by atoms with Crippen LogP contribution in [-0.2, 0) is 4.74 Å². The smallest absolute Gasteiger partial charge is 0.337 e. The molecule has 0 aliphatic heterocycles. The number of anilines is 1. The number of benzene rings is 1. The minimum atomic E-state index is -0.285. The van der Waals surface area contributed by atoms with Gasteiger partial charge in [0.05, 0.1) is 12.7 Å². The number of carbonyl (C=O) groups excluding carboxylic acids is 1. The molecule has 1 aliphatic rings. The second-order valence-electron chi connectivity index (χ2n) is 5.39. The number of nitrogens with one attached hydrogen (secondary N) is 1. The van der Waals surface area contributed by atoms with Gasteiger partial charge in [-0.25, -0.2) is 4.79 Å². The van der Waals surface area contributed by atoms with Crippen molar-refractivity contribution in [1.29, 1.82) is 0 Å². The van der Waals surface area contributed by atoms with Crippen molar-refractivity contribution in [1.82, 2.24) is 0 Å². The van der Waals surface area contributed by atoms with Crippen LogP contribution in [0.1, 0.15) is 37.0 Å². The molecule has 3 nitrogen and oxygen atoms in total. The summed E-state index contributed by atoms with van der Waals surface area (Å²) in [5.74, 6) is 1.32. The summed E-state index contributed by atoms with van der Waals surface area (Å²) in [6.07, 6.45) is 2.44. The van der Waals surface area contributed by atoms with Gasteiger partial charge >= 0.3 is 5.97 Å².